The first-order valence-corrected chi connectivity index (χ1v) is 24.0. The van der Waals surface area contributed by atoms with Gasteiger partial charge in [-0.2, -0.15) is 8.61 Å². The van der Waals surface area contributed by atoms with Crippen LogP contribution < -0.4 is 9.80 Å². The van der Waals surface area contributed by atoms with E-state index in [-0.39, 0.29) is 9.79 Å². The minimum Gasteiger partial charge on any atom is -0.345 e. The van der Waals surface area contributed by atoms with Crippen LogP contribution >= 0.6 is 22.7 Å². The highest BCUT2D eigenvalue weighted by Crippen LogP contribution is 2.27. The van der Waals surface area contributed by atoms with E-state index < -0.39 is 31.7 Å². The molecule has 0 atom stereocenters. The number of piperazine rings is 2. The average molecular weight is 877 g/mol. The van der Waals surface area contributed by atoms with Crippen molar-refractivity contribution in [1.82, 2.24) is 18.6 Å². The summed E-state index contributed by atoms with van der Waals surface area (Å²) < 4.78 is 80.1. The van der Waals surface area contributed by atoms with Crippen LogP contribution in [0.3, 0.4) is 0 Å². The molecule has 8 rings (SSSR count). The Kier molecular flexibility index (Phi) is 13.5. The number of nitrogens with zero attached hydrogens (tertiary/aromatic N) is 6. The van der Waals surface area contributed by atoms with Gasteiger partial charge in [0.05, 0.1) is 21.2 Å². The predicted octanol–water partition coefficient (Wildman–Crippen LogP) is 7.64. The van der Waals surface area contributed by atoms with Crippen LogP contribution in [0.5, 0.6) is 0 Å². The maximum Gasteiger partial charge on any atom is 0.243 e. The first-order valence-electron chi connectivity index (χ1n) is 19.4. The highest BCUT2D eigenvalue weighted by molar-refractivity contribution is 7.89. The van der Waals surface area contributed by atoms with Crippen molar-refractivity contribution in [2.45, 2.75) is 42.9 Å². The molecule has 4 heterocycles. The molecular formula is C43H46F2N6O4S4. The number of sulfonamides is 2. The highest BCUT2D eigenvalue weighted by Gasteiger charge is 2.31. The lowest BCUT2D eigenvalue weighted by atomic mass is 10.1. The van der Waals surface area contributed by atoms with Gasteiger partial charge in [0, 0.05) is 76.0 Å². The zero-order valence-electron chi connectivity index (χ0n) is 32.9. The van der Waals surface area contributed by atoms with Crippen molar-refractivity contribution in [3.63, 3.8) is 0 Å². The molecule has 2 aromatic heterocycles. The van der Waals surface area contributed by atoms with Crippen molar-refractivity contribution in [3.8, 4) is 0 Å². The van der Waals surface area contributed by atoms with Gasteiger partial charge in [-0.3, -0.25) is 0 Å². The topological polar surface area (TPSA) is 107 Å². The first-order chi connectivity index (χ1) is 28.4. The molecule has 16 heteroatoms. The summed E-state index contributed by atoms with van der Waals surface area (Å²) in [7, 11) is -7.20. The number of aryl methyl sites for hydroxylation is 2. The molecule has 2 saturated heterocycles. The number of anilines is 2. The lowest BCUT2D eigenvalue weighted by molar-refractivity contribution is 0.384. The lowest BCUT2D eigenvalue weighted by Crippen LogP contribution is -2.48. The summed E-state index contributed by atoms with van der Waals surface area (Å²) in [5, 5.41) is 5.99. The van der Waals surface area contributed by atoms with E-state index >= 15 is 0 Å². The van der Waals surface area contributed by atoms with Gasteiger partial charge in [-0.1, -0.05) is 61.0 Å². The van der Waals surface area contributed by atoms with Crippen LogP contribution in [0.4, 0.5) is 19.0 Å². The summed E-state index contributed by atoms with van der Waals surface area (Å²) in [5.74, 6) is -0.890. The van der Waals surface area contributed by atoms with Gasteiger partial charge >= 0.3 is 0 Å². The number of benzene rings is 4. The van der Waals surface area contributed by atoms with Crippen LogP contribution in [0.1, 0.15) is 40.6 Å². The van der Waals surface area contributed by atoms with Gasteiger partial charge in [-0.05, 0) is 78.6 Å². The van der Waals surface area contributed by atoms with E-state index in [1.54, 1.807) is 22.7 Å². The van der Waals surface area contributed by atoms with Crippen molar-refractivity contribution in [1.29, 1.82) is 0 Å². The molecule has 310 valence electrons. The molecule has 0 radical (unpaired) electrons. The molecule has 59 heavy (non-hydrogen) atoms. The Morgan fingerprint density at radius 1 is 0.525 bits per heavy atom. The van der Waals surface area contributed by atoms with Gasteiger partial charge in [-0.15, -0.1) is 22.7 Å². The molecule has 2 aliphatic rings. The number of aromatic nitrogens is 2. The fraction of sp³-hybridized carbons (Fsp3) is 0.302. The van der Waals surface area contributed by atoms with E-state index in [0.717, 1.165) is 40.9 Å². The number of thiazole rings is 2. The maximum atomic E-state index is 13.1. The summed E-state index contributed by atoms with van der Waals surface area (Å²) in [5.41, 5.74) is 7.07. The number of hydrogen-bond acceptors (Lipinski definition) is 10. The van der Waals surface area contributed by atoms with E-state index in [4.69, 9.17) is 9.97 Å². The molecule has 0 saturated carbocycles. The van der Waals surface area contributed by atoms with Gasteiger partial charge < -0.3 is 9.80 Å². The Morgan fingerprint density at radius 2 is 0.881 bits per heavy atom. The molecule has 10 nitrogen and oxygen atoms in total. The fourth-order valence-electron chi connectivity index (χ4n) is 6.81. The highest BCUT2D eigenvalue weighted by atomic mass is 32.2. The second-order valence-electron chi connectivity index (χ2n) is 14.4. The first kappa shape index (κ1) is 42.5. The number of rotatable bonds is 11. The van der Waals surface area contributed by atoms with Crippen LogP contribution in [-0.2, 0) is 39.3 Å². The van der Waals surface area contributed by atoms with Gasteiger partial charge in [0.15, 0.2) is 10.3 Å². The molecule has 0 unspecified atom stereocenters. The summed E-state index contributed by atoms with van der Waals surface area (Å²) in [6.07, 6.45) is 2.61. The Morgan fingerprint density at radius 3 is 1.25 bits per heavy atom. The van der Waals surface area contributed by atoms with Crippen LogP contribution in [0.2, 0.25) is 0 Å². The Hall–Kier alpha value is -4.58. The predicted molar refractivity (Wildman–Crippen MR) is 232 cm³/mol. The maximum absolute atomic E-state index is 13.1. The fourth-order valence-corrected chi connectivity index (χ4v) is 11.4. The molecule has 2 fully saturated rings. The molecule has 0 aliphatic carbocycles. The molecule has 0 spiro atoms. The van der Waals surface area contributed by atoms with Crippen molar-refractivity contribution in [2.75, 3.05) is 62.2 Å². The third-order valence-corrected chi connectivity index (χ3v) is 16.0. The van der Waals surface area contributed by atoms with E-state index in [1.807, 2.05) is 0 Å². The Balaban J connectivity index is 0.000000179. The van der Waals surface area contributed by atoms with E-state index in [9.17, 15) is 25.6 Å². The van der Waals surface area contributed by atoms with E-state index in [1.165, 1.54) is 79.4 Å². The van der Waals surface area contributed by atoms with Gasteiger partial charge in [0.1, 0.15) is 11.6 Å². The van der Waals surface area contributed by atoms with Gasteiger partial charge in [0.25, 0.3) is 0 Å². The standard InChI is InChI=1S/C22H24FN3O2S2.C21H22FN3O2S2/c1-2-17-3-5-18(6-4-17)15-20-16-29-22(24-20)25-11-13-26(14-12-25)30(27,28)21-9-7-19(23)8-10-21;1-16-2-4-17(5-3-16)14-19-15-28-21(23-19)24-10-12-25(13-11-24)29(26,27)20-8-6-18(22)7-9-20/h3-10,16H,2,11-15H2,1H3;2-9,15H,10-14H2,1H3. The Bertz CT molecular complexity index is 2520. The minimum atomic E-state index is -3.60. The molecule has 0 amide bonds. The van der Waals surface area contributed by atoms with Crippen molar-refractivity contribution in [2.24, 2.45) is 0 Å². The Labute approximate surface area is 353 Å². The largest absolute Gasteiger partial charge is 0.345 e. The second kappa shape index (κ2) is 18.8. The summed E-state index contributed by atoms with van der Waals surface area (Å²) in [6, 6.07) is 27.0. The average Bonchev–Trinajstić information content (AvgIpc) is 3.93. The smallest absolute Gasteiger partial charge is 0.243 e. The second-order valence-corrected chi connectivity index (χ2v) is 20.0. The van der Waals surface area contributed by atoms with E-state index in [2.05, 4.69) is 82.9 Å². The molecular weight excluding hydrogens is 831 g/mol. The molecule has 0 N–H and O–H groups in total. The quantitative estimate of drug-likeness (QED) is 0.131. The lowest BCUT2D eigenvalue weighted by Gasteiger charge is -2.33. The van der Waals surface area contributed by atoms with Crippen molar-refractivity contribution in [3.05, 3.63) is 153 Å². The zero-order chi connectivity index (χ0) is 41.6. The summed E-state index contributed by atoms with van der Waals surface area (Å²) >= 11 is 3.19. The SMILES string of the molecule is CCc1ccc(Cc2csc(N3CCN(S(=O)(=O)c4ccc(F)cc4)CC3)n2)cc1.Cc1ccc(Cc2csc(N3CCN(S(=O)(=O)c4ccc(F)cc4)CC3)n2)cc1. The third-order valence-electron chi connectivity index (χ3n) is 10.3. The van der Waals surface area contributed by atoms with Crippen LogP contribution in [0.25, 0.3) is 0 Å². The van der Waals surface area contributed by atoms with Crippen LogP contribution in [-0.4, -0.2) is 87.8 Å². The molecule has 4 aromatic carbocycles. The molecule has 2 aliphatic heterocycles. The normalized spacial score (nSPS) is 15.5. The van der Waals surface area contributed by atoms with E-state index in [0.29, 0.717) is 52.4 Å². The molecule has 6 aromatic rings. The van der Waals surface area contributed by atoms with Crippen LogP contribution in [0, 0.1) is 18.6 Å². The van der Waals surface area contributed by atoms with Crippen LogP contribution in [0.15, 0.2) is 118 Å². The van der Waals surface area contributed by atoms with Gasteiger partial charge in [0.2, 0.25) is 20.0 Å². The van der Waals surface area contributed by atoms with Crippen molar-refractivity contribution < 1.29 is 25.6 Å². The third kappa shape index (κ3) is 10.6. The molecule has 0 bridgehead atoms. The number of halogens is 2. The van der Waals surface area contributed by atoms with Crippen molar-refractivity contribution >= 4 is 53.0 Å². The summed E-state index contributed by atoms with van der Waals surface area (Å²) in [4.78, 5) is 14.0. The zero-order valence-corrected chi connectivity index (χ0v) is 36.1. The number of hydrogen-bond donors (Lipinski definition) is 0. The summed E-state index contributed by atoms with van der Waals surface area (Å²) in [6.45, 7) is 8.07. The van der Waals surface area contributed by atoms with Gasteiger partial charge in [-0.25, -0.2) is 35.6 Å². The minimum absolute atomic E-state index is 0.127. The monoisotopic (exact) mass is 876 g/mol.